The van der Waals surface area contributed by atoms with Gasteiger partial charge in [0.05, 0.1) is 5.02 Å². The molecule has 1 saturated heterocycles. The lowest BCUT2D eigenvalue weighted by atomic mass is 10.1. The number of piperidine rings is 1. The summed E-state index contributed by atoms with van der Waals surface area (Å²) >= 11 is 6.29. The quantitative estimate of drug-likeness (QED) is 0.875. The molecule has 4 nitrogen and oxygen atoms in total. The zero-order valence-corrected chi connectivity index (χ0v) is 14.2. The predicted octanol–water partition coefficient (Wildman–Crippen LogP) is 3.25. The lowest BCUT2D eigenvalue weighted by molar-refractivity contribution is -0.123. The zero-order valence-electron chi connectivity index (χ0n) is 13.4. The molecule has 1 amide bonds. The van der Waals surface area contributed by atoms with Crippen LogP contribution in [0, 0.1) is 0 Å². The van der Waals surface area contributed by atoms with E-state index >= 15 is 0 Å². The highest BCUT2D eigenvalue weighted by atomic mass is 35.5. The first-order chi connectivity index (χ1) is 11.7. The van der Waals surface area contributed by atoms with Gasteiger partial charge < -0.3 is 15.4 Å². The number of hydrogen-bond acceptors (Lipinski definition) is 3. The molecule has 1 atom stereocenters. The van der Waals surface area contributed by atoms with Crippen LogP contribution in [-0.2, 0) is 4.79 Å². The van der Waals surface area contributed by atoms with Crippen molar-refractivity contribution in [3.05, 3.63) is 53.6 Å². The number of nitrogens with one attached hydrogen (secondary N) is 2. The van der Waals surface area contributed by atoms with Crippen LogP contribution in [-0.4, -0.2) is 31.6 Å². The molecule has 0 aromatic heterocycles. The monoisotopic (exact) mass is 344 g/mol. The van der Waals surface area contributed by atoms with Crippen LogP contribution in [0.3, 0.4) is 0 Å². The second-order valence-corrected chi connectivity index (χ2v) is 6.32. The first-order valence-electron chi connectivity index (χ1n) is 8.20. The van der Waals surface area contributed by atoms with Gasteiger partial charge in [-0.2, -0.15) is 0 Å². The van der Waals surface area contributed by atoms with Gasteiger partial charge in [-0.1, -0.05) is 48.0 Å². The summed E-state index contributed by atoms with van der Waals surface area (Å²) in [5, 5.41) is 6.75. The average Bonchev–Trinajstić information content (AvgIpc) is 2.62. The largest absolute Gasteiger partial charge is 0.482 e. The molecule has 0 unspecified atom stereocenters. The number of carbonyl (C=O) groups is 1. The molecule has 0 saturated carbocycles. The van der Waals surface area contributed by atoms with Crippen LogP contribution in [0.2, 0.25) is 5.02 Å². The van der Waals surface area contributed by atoms with Crippen molar-refractivity contribution in [1.82, 2.24) is 10.6 Å². The molecule has 1 aliphatic heterocycles. The topological polar surface area (TPSA) is 50.4 Å². The lowest BCUT2D eigenvalue weighted by Gasteiger charge is -2.23. The summed E-state index contributed by atoms with van der Waals surface area (Å²) in [7, 11) is 0. The highest BCUT2D eigenvalue weighted by Gasteiger charge is 2.15. The molecular formula is C19H21ClN2O2. The van der Waals surface area contributed by atoms with E-state index in [4.69, 9.17) is 16.3 Å². The second-order valence-electron chi connectivity index (χ2n) is 5.91. The molecule has 2 aromatic carbocycles. The fourth-order valence-corrected chi connectivity index (χ4v) is 3.05. The van der Waals surface area contributed by atoms with Gasteiger partial charge in [-0.3, -0.25) is 4.79 Å². The molecule has 1 heterocycles. The van der Waals surface area contributed by atoms with Gasteiger partial charge in [-0.05, 0) is 42.6 Å². The van der Waals surface area contributed by atoms with Crippen molar-refractivity contribution in [3.8, 4) is 16.9 Å². The fraction of sp³-hybridized carbons (Fsp3) is 0.316. The van der Waals surface area contributed by atoms with Crippen molar-refractivity contribution in [3.63, 3.8) is 0 Å². The molecule has 1 aliphatic rings. The Morgan fingerprint density at radius 1 is 1.21 bits per heavy atom. The number of amides is 1. The normalized spacial score (nSPS) is 17.3. The summed E-state index contributed by atoms with van der Waals surface area (Å²) in [6.07, 6.45) is 2.09. The number of halogens is 1. The van der Waals surface area contributed by atoms with E-state index in [1.54, 1.807) is 6.07 Å². The van der Waals surface area contributed by atoms with Crippen molar-refractivity contribution >= 4 is 17.5 Å². The summed E-state index contributed by atoms with van der Waals surface area (Å²) in [5.41, 5.74) is 2.11. The minimum atomic E-state index is -0.119. The van der Waals surface area contributed by atoms with E-state index in [2.05, 4.69) is 10.6 Å². The number of benzene rings is 2. The Kier molecular flexibility index (Phi) is 5.72. The van der Waals surface area contributed by atoms with Gasteiger partial charge in [0, 0.05) is 12.6 Å². The molecule has 2 aromatic rings. The fourth-order valence-electron chi connectivity index (χ4n) is 2.82. The zero-order chi connectivity index (χ0) is 16.8. The molecule has 0 bridgehead atoms. The number of carbonyl (C=O) groups excluding carboxylic acids is 1. The van der Waals surface area contributed by atoms with Crippen LogP contribution in [0.5, 0.6) is 5.75 Å². The van der Waals surface area contributed by atoms with Crippen molar-refractivity contribution in [2.45, 2.75) is 18.9 Å². The smallest absolute Gasteiger partial charge is 0.258 e. The van der Waals surface area contributed by atoms with Gasteiger partial charge in [-0.15, -0.1) is 0 Å². The standard InChI is InChI=1S/C19H21ClN2O2/c20-17-11-15(14-5-2-1-3-6-14)8-9-18(17)24-13-19(23)22-16-7-4-10-21-12-16/h1-3,5-6,8-9,11,16,21H,4,7,10,12-13H2,(H,22,23)/t16-/m0/s1. The Morgan fingerprint density at radius 2 is 2.04 bits per heavy atom. The molecule has 24 heavy (non-hydrogen) atoms. The summed E-state index contributed by atoms with van der Waals surface area (Å²) in [4.78, 5) is 12.0. The van der Waals surface area contributed by atoms with Crippen molar-refractivity contribution in [2.24, 2.45) is 0 Å². The number of hydrogen-bond donors (Lipinski definition) is 2. The maximum absolute atomic E-state index is 12.0. The summed E-state index contributed by atoms with van der Waals surface area (Å²) in [6.45, 7) is 1.81. The Morgan fingerprint density at radius 3 is 2.75 bits per heavy atom. The first-order valence-corrected chi connectivity index (χ1v) is 8.58. The molecule has 0 radical (unpaired) electrons. The van der Waals surface area contributed by atoms with E-state index in [1.807, 2.05) is 42.5 Å². The van der Waals surface area contributed by atoms with Crippen LogP contribution in [0.15, 0.2) is 48.5 Å². The highest BCUT2D eigenvalue weighted by Crippen LogP contribution is 2.30. The third-order valence-electron chi connectivity index (χ3n) is 4.06. The van der Waals surface area contributed by atoms with Crippen molar-refractivity contribution < 1.29 is 9.53 Å². The lowest BCUT2D eigenvalue weighted by Crippen LogP contribution is -2.47. The number of rotatable bonds is 5. The predicted molar refractivity (Wildman–Crippen MR) is 96.4 cm³/mol. The molecule has 5 heteroatoms. The average molecular weight is 345 g/mol. The van der Waals surface area contributed by atoms with Crippen molar-refractivity contribution in [1.29, 1.82) is 0 Å². The van der Waals surface area contributed by atoms with Gasteiger partial charge in [0.1, 0.15) is 5.75 Å². The number of ether oxygens (including phenoxy) is 1. The van der Waals surface area contributed by atoms with E-state index in [9.17, 15) is 4.79 Å². The van der Waals surface area contributed by atoms with Crippen molar-refractivity contribution in [2.75, 3.05) is 19.7 Å². The van der Waals surface area contributed by atoms with Crippen LogP contribution >= 0.6 is 11.6 Å². The SMILES string of the molecule is O=C(COc1ccc(-c2ccccc2)cc1Cl)N[C@H]1CCCNC1. The molecular weight excluding hydrogens is 324 g/mol. The molecule has 3 rings (SSSR count). The first kappa shape index (κ1) is 16.8. The minimum Gasteiger partial charge on any atom is -0.482 e. The maximum atomic E-state index is 12.0. The Hall–Kier alpha value is -2.04. The van der Waals surface area contributed by atoms with Gasteiger partial charge in [-0.25, -0.2) is 0 Å². The van der Waals surface area contributed by atoms with E-state index in [0.717, 1.165) is 37.1 Å². The van der Waals surface area contributed by atoms with Gasteiger partial charge in [0.15, 0.2) is 6.61 Å². The molecule has 2 N–H and O–H groups in total. The highest BCUT2D eigenvalue weighted by molar-refractivity contribution is 6.32. The summed E-state index contributed by atoms with van der Waals surface area (Å²) in [5.74, 6) is 0.403. The van der Waals surface area contributed by atoms with Crippen LogP contribution in [0.25, 0.3) is 11.1 Å². The van der Waals surface area contributed by atoms with E-state index < -0.39 is 0 Å². The van der Waals surface area contributed by atoms with Crippen LogP contribution in [0.1, 0.15) is 12.8 Å². The third-order valence-corrected chi connectivity index (χ3v) is 4.36. The summed E-state index contributed by atoms with van der Waals surface area (Å²) in [6, 6.07) is 15.8. The molecule has 1 fully saturated rings. The van der Waals surface area contributed by atoms with Gasteiger partial charge in [0.2, 0.25) is 0 Å². The minimum absolute atomic E-state index is 0.0269. The molecule has 126 valence electrons. The molecule has 0 spiro atoms. The van der Waals surface area contributed by atoms with E-state index in [-0.39, 0.29) is 18.6 Å². The van der Waals surface area contributed by atoms with E-state index in [1.165, 1.54) is 0 Å². The summed E-state index contributed by atoms with van der Waals surface area (Å²) < 4.78 is 5.57. The Bertz CT molecular complexity index is 685. The van der Waals surface area contributed by atoms with Gasteiger partial charge in [0.25, 0.3) is 5.91 Å². The maximum Gasteiger partial charge on any atom is 0.258 e. The Balaban J connectivity index is 1.56. The van der Waals surface area contributed by atoms with E-state index in [0.29, 0.717) is 10.8 Å². The molecule has 0 aliphatic carbocycles. The second kappa shape index (κ2) is 8.18. The van der Waals surface area contributed by atoms with Gasteiger partial charge >= 0.3 is 0 Å². The third kappa shape index (κ3) is 4.49. The Labute approximate surface area is 147 Å². The van der Waals surface area contributed by atoms with Crippen LogP contribution < -0.4 is 15.4 Å². The van der Waals surface area contributed by atoms with Crippen LogP contribution in [0.4, 0.5) is 0 Å².